The molecule has 5 heteroatoms. The molecule has 152 valence electrons. The zero-order valence-electron chi connectivity index (χ0n) is 17.5. The Morgan fingerprint density at radius 3 is 2.39 bits per heavy atom. The van der Waals surface area contributed by atoms with Gasteiger partial charge in [0.25, 0.3) is 0 Å². The van der Waals surface area contributed by atoms with Gasteiger partial charge in [-0.3, -0.25) is 0 Å². The van der Waals surface area contributed by atoms with Crippen LogP contribution < -0.4 is 5.32 Å². The number of ether oxygens (including phenoxy) is 1. The molecule has 1 amide bonds. The first-order valence-corrected chi connectivity index (χ1v) is 10.00. The molecule has 0 heterocycles. The van der Waals surface area contributed by atoms with Crippen LogP contribution in [0.2, 0.25) is 5.02 Å². The van der Waals surface area contributed by atoms with Gasteiger partial charge in [0.1, 0.15) is 5.60 Å². The van der Waals surface area contributed by atoms with Crippen molar-refractivity contribution in [1.29, 1.82) is 0 Å². The second kappa shape index (κ2) is 9.94. The number of nitrogens with zero attached hydrogens (tertiary/aromatic N) is 1. The van der Waals surface area contributed by atoms with E-state index in [9.17, 15) is 4.79 Å². The summed E-state index contributed by atoms with van der Waals surface area (Å²) in [6, 6.07) is 16.1. The van der Waals surface area contributed by atoms with Gasteiger partial charge in [-0.2, -0.15) is 0 Å². The zero-order valence-corrected chi connectivity index (χ0v) is 18.2. The SMILES string of the molecule is CNC(Cc1ccc(Cl)c(C)c1)CN(Cc1ccccc1)C(=O)OC(C)(C)C. The smallest absolute Gasteiger partial charge is 0.410 e. The molecule has 0 aliphatic rings. The highest BCUT2D eigenvalue weighted by molar-refractivity contribution is 6.31. The molecule has 0 aromatic heterocycles. The highest BCUT2D eigenvalue weighted by Crippen LogP contribution is 2.18. The van der Waals surface area contributed by atoms with Gasteiger partial charge in [-0.15, -0.1) is 0 Å². The van der Waals surface area contributed by atoms with E-state index in [-0.39, 0.29) is 12.1 Å². The second-order valence-corrected chi connectivity index (χ2v) is 8.53. The van der Waals surface area contributed by atoms with E-state index in [1.165, 1.54) is 5.56 Å². The lowest BCUT2D eigenvalue weighted by atomic mass is 10.0. The lowest BCUT2D eigenvalue weighted by molar-refractivity contribution is 0.0216. The third kappa shape index (κ3) is 7.17. The molecule has 1 unspecified atom stereocenters. The van der Waals surface area contributed by atoms with Crippen LogP contribution >= 0.6 is 11.6 Å². The molecular formula is C23H31ClN2O2. The Labute approximate surface area is 173 Å². The van der Waals surface area contributed by atoms with Gasteiger partial charge < -0.3 is 15.0 Å². The fourth-order valence-electron chi connectivity index (χ4n) is 2.98. The number of carbonyl (C=O) groups excluding carboxylic acids is 1. The molecule has 0 spiro atoms. The number of hydrogen-bond acceptors (Lipinski definition) is 3. The molecule has 0 bridgehead atoms. The van der Waals surface area contributed by atoms with Gasteiger partial charge in [0.05, 0.1) is 0 Å². The van der Waals surface area contributed by atoms with Gasteiger partial charge in [0.2, 0.25) is 0 Å². The summed E-state index contributed by atoms with van der Waals surface area (Å²) in [7, 11) is 1.92. The van der Waals surface area contributed by atoms with Gasteiger partial charge in [-0.05, 0) is 63.9 Å². The lowest BCUT2D eigenvalue weighted by Crippen LogP contribution is -2.45. The first-order chi connectivity index (χ1) is 13.2. The molecule has 2 rings (SSSR count). The van der Waals surface area contributed by atoms with Crippen LogP contribution in [0.3, 0.4) is 0 Å². The Morgan fingerprint density at radius 1 is 1.14 bits per heavy atom. The summed E-state index contributed by atoms with van der Waals surface area (Å²) in [4.78, 5) is 14.6. The number of likely N-dealkylation sites (N-methyl/N-ethyl adjacent to an activating group) is 1. The minimum Gasteiger partial charge on any atom is -0.444 e. The van der Waals surface area contributed by atoms with Crippen LogP contribution in [0.5, 0.6) is 0 Å². The first kappa shape index (κ1) is 22.3. The molecule has 2 aromatic carbocycles. The summed E-state index contributed by atoms with van der Waals surface area (Å²) >= 11 is 6.14. The standard InChI is InChI=1S/C23H31ClN2O2/c1-17-13-19(11-12-21(17)24)14-20(25-5)16-26(22(27)28-23(2,3)4)15-18-9-7-6-8-10-18/h6-13,20,25H,14-16H2,1-5H3. The third-order valence-electron chi connectivity index (χ3n) is 4.42. The number of aryl methyl sites for hydroxylation is 1. The Bertz CT molecular complexity index is 772. The molecule has 0 aliphatic heterocycles. The van der Waals surface area contributed by atoms with E-state index in [2.05, 4.69) is 11.4 Å². The molecule has 0 radical (unpaired) electrons. The number of benzene rings is 2. The average molecular weight is 403 g/mol. The Morgan fingerprint density at radius 2 is 1.82 bits per heavy atom. The van der Waals surface area contributed by atoms with Crippen molar-refractivity contribution in [3.05, 3.63) is 70.2 Å². The van der Waals surface area contributed by atoms with Crippen molar-refractivity contribution in [2.75, 3.05) is 13.6 Å². The van der Waals surface area contributed by atoms with Crippen LogP contribution in [-0.4, -0.2) is 36.2 Å². The van der Waals surface area contributed by atoms with Crippen molar-refractivity contribution in [3.63, 3.8) is 0 Å². The van der Waals surface area contributed by atoms with Crippen molar-refractivity contribution in [1.82, 2.24) is 10.2 Å². The summed E-state index contributed by atoms with van der Waals surface area (Å²) in [5.41, 5.74) is 2.78. The zero-order chi connectivity index (χ0) is 20.7. The highest BCUT2D eigenvalue weighted by Gasteiger charge is 2.24. The van der Waals surface area contributed by atoms with Crippen LogP contribution in [-0.2, 0) is 17.7 Å². The van der Waals surface area contributed by atoms with Gasteiger partial charge >= 0.3 is 6.09 Å². The number of hydrogen-bond donors (Lipinski definition) is 1. The Hall–Kier alpha value is -2.04. The van der Waals surface area contributed by atoms with Crippen LogP contribution in [0, 0.1) is 6.92 Å². The third-order valence-corrected chi connectivity index (χ3v) is 4.85. The molecule has 1 N–H and O–H groups in total. The van der Waals surface area contributed by atoms with E-state index in [1.54, 1.807) is 4.90 Å². The predicted molar refractivity (Wildman–Crippen MR) is 116 cm³/mol. The Balaban J connectivity index is 2.15. The molecule has 28 heavy (non-hydrogen) atoms. The number of carbonyl (C=O) groups is 1. The summed E-state index contributed by atoms with van der Waals surface area (Å²) in [6.07, 6.45) is 0.492. The lowest BCUT2D eigenvalue weighted by Gasteiger charge is -2.30. The first-order valence-electron chi connectivity index (χ1n) is 9.62. The number of nitrogens with one attached hydrogen (secondary N) is 1. The van der Waals surface area contributed by atoms with E-state index >= 15 is 0 Å². The van der Waals surface area contributed by atoms with Crippen LogP contribution in [0.4, 0.5) is 4.79 Å². The van der Waals surface area contributed by atoms with Gasteiger partial charge in [0.15, 0.2) is 0 Å². The molecule has 0 aliphatic carbocycles. The topological polar surface area (TPSA) is 41.6 Å². The molecule has 2 aromatic rings. The summed E-state index contributed by atoms with van der Waals surface area (Å²) in [6.45, 7) is 8.71. The maximum atomic E-state index is 12.8. The fraction of sp³-hybridized carbons (Fsp3) is 0.435. The summed E-state index contributed by atoms with van der Waals surface area (Å²) < 4.78 is 5.64. The van der Waals surface area contributed by atoms with Crippen molar-refractivity contribution < 1.29 is 9.53 Å². The van der Waals surface area contributed by atoms with Gasteiger partial charge in [0, 0.05) is 24.2 Å². The molecule has 4 nitrogen and oxygen atoms in total. The minimum atomic E-state index is -0.533. The van der Waals surface area contributed by atoms with Crippen molar-refractivity contribution >= 4 is 17.7 Å². The van der Waals surface area contributed by atoms with E-state index in [0.717, 1.165) is 22.6 Å². The van der Waals surface area contributed by atoms with E-state index in [0.29, 0.717) is 13.1 Å². The average Bonchev–Trinajstić information content (AvgIpc) is 2.63. The van der Waals surface area contributed by atoms with Crippen LogP contribution in [0.1, 0.15) is 37.5 Å². The quantitative estimate of drug-likeness (QED) is 0.690. The normalized spacial score (nSPS) is 12.5. The number of halogens is 1. The predicted octanol–water partition coefficient (Wildman–Crippen LogP) is 5.22. The van der Waals surface area contributed by atoms with Crippen molar-refractivity contribution in [3.8, 4) is 0 Å². The number of rotatable bonds is 7. The summed E-state index contributed by atoms with van der Waals surface area (Å²) in [5.74, 6) is 0. The molecule has 0 saturated carbocycles. The second-order valence-electron chi connectivity index (χ2n) is 8.12. The largest absolute Gasteiger partial charge is 0.444 e. The summed E-state index contributed by atoms with van der Waals surface area (Å²) in [5, 5.41) is 4.10. The van der Waals surface area contributed by atoms with E-state index in [1.807, 2.05) is 77.2 Å². The number of amides is 1. The van der Waals surface area contributed by atoms with Crippen LogP contribution in [0.15, 0.2) is 48.5 Å². The van der Waals surface area contributed by atoms with Gasteiger partial charge in [-0.1, -0.05) is 54.1 Å². The maximum Gasteiger partial charge on any atom is 0.410 e. The van der Waals surface area contributed by atoms with Crippen molar-refractivity contribution in [2.24, 2.45) is 0 Å². The monoisotopic (exact) mass is 402 g/mol. The Kier molecular flexibility index (Phi) is 7.90. The molecule has 0 saturated heterocycles. The van der Waals surface area contributed by atoms with Crippen molar-refractivity contribution in [2.45, 2.75) is 52.3 Å². The van der Waals surface area contributed by atoms with E-state index in [4.69, 9.17) is 16.3 Å². The molecular weight excluding hydrogens is 372 g/mol. The van der Waals surface area contributed by atoms with E-state index < -0.39 is 5.60 Å². The minimum absolute atomic E-state index is 0.0943. The highest BCUT2D eigenvalue weighted by atomic mass is 35.5. The van der Waals surface area contributed by atoms with Crippen LogP contribution in [0.25, 0.3) is 0 Å². The molecule has 0 fully saturated rings. The maximum absolute atomic E-state index is 12.8. The molecule has 1 atom stereocenters. The van der Waals surface area contributed by atoms with Gasteiger partial charge in [-0.25, -0.2) is 4.79 Å². The fourth-order valence-corrected chi connectivity index (χ4v) is 3.09.